The van der Waals surface area contributed by atoms with Gasteiger partial charge in [-0.3, -0.25) is 14.5 Å². The summed E-state index contributed by atoms with van der Waals surface area (Å²) in [4.78, 5) is 29.4. The minimum absolute atomic E-state index is 0.195. The first kappa shape index (κ1) is 15.7. The molecule has 6 nitrogen and oxygen atoms in total. The third kappa shape index (κ3) is 2.99. The summed E-state index contributed by atoms with van der Waals surface area (Å²) in [5.41, 5.74) is 0. The van der Waals surface area contributed by atoms with Crippen LogP contribution in [0.4, 0.5) is 0 Å². The molecule has 3 heterocycles. The number of rotatable bonds is 3. The number of thiophene rings is 1. The first-order chi connectivity index (χ1) is 10.5. The number of hydrogen-bond acceptors (Lipinski definition) is 5. The van der Waals surface area contributed by atoms with Crippen molar-refractivity contribution in [2.45, 2.75) is 31.7 Å². The highest BCUT2D eigenvalue weighted by Crippen LogP contribution is 2.24. The van der Waals surface area contributed by atoms with E-state index in [4.69, 9.17) is 11.6 Å². The van der Waals surface area contributed by atoms with E-state index in [1.54, 1.807) is 4.90 Å². The smallest absolute Gasteiger partial charge is 0.248 e. The van der Waals surface area contributed by atoms with Gasteiger partial charge >= 0.3 is 0 Å². The molecule has 2 saturated heterocycles. The van der Waals surface area contributed by atoms with Gasteiger partial charge in [-0.1, -0.05) is 11.6 Å². The van der Waals surface area contributed by atoms with Gasteiger partial charge in [-0.05, 0) is 19.1 Å². The van der Waals surface area contributed by atoms with Crippen LogP contribution in [0.25, 0.3) is 0 Å². The summed E-state index contributed by atoms with van der Waals surface area (Å²) in [6.07, 6.45) is -0.885. The summed E-state index contributed by atoms with van der Waals surface area (Å²) in [6.45, 7) is 3.94. The fourth-order valence-corrected chi connectivity index (χ4v) is 4.08. The van der Waals surface area contributed by atoms with Crippen LogP contribution in [0.3, 0.4) is 0 Å². The molecular weight excluding hydrogens is 326 g/mol. The van der Waals surface area contributed by atoms with Crippen molar-refractivity contribution in [1.82, 2.24) is 15.1 Å². The highest BCUT2D eigenvalue weighted by Gasteiger charge is 2.44. The van der Waals surface area contributed by atoms with Gasteiger partial charge in [-0.2, -0.15) is 0 Å². The van der Waals surface area contributed by atoms with Crippen molar-refractivity contribution in [2.75, 3.05) is 19.6 Å². The van der Waals surface area contributed by atoms with Crippen LogP contribution in [0.2, 0.25) is 4.34 Å². The predicted octanol–water partition coefficient (Wildman–Crippen LogP) is 0.293. The molecule has 1 aromatic rings. The number of nitrogens with zero attached hydrogens (tertiary/aromatic N) is 2. The van der Waals surface area contributed by atoms with E-state index in [9.17, 15) is 14.7 Å². The molecule has 2 aliphatic heterocycles. The maximum atomic E-state index is 12.3. The van der Waals surface area contributed by atoms with E-state index in [0.717, 1.165) is 15.8 Å². The van der Waals surface area contributed by atoms with Crippen molar-refractivity contribution in [1.29, 1.82) is 0 Å². The summed E-state index contributed by atoms with van der Waals surface area (Å²) in [5, 5.41) is 12.2. The van der Waals surface area contributed by atoms with E-state index in [2.05, 4.69) is 10.2 Å². The molecule has 2 fully saturated rings. The maximum Gasteiger partial charge on any atom is 0.248 e. The number of nitrogens with one attached hydrogen (secondary N) is 1. The predicted molar refractivity (Wildman–Crippen MR) is 83.7 cm³/mol. The Hall–Kier alpha value is -1.15. The van der Waals surface area contributed by atoms with Crippen LogP contribution in [0.1, 0.15) is 11.8 Å². The van der Waals surface area contributed by atoms with Gasteiger partial charge in [0.2, 0.25) is 11.8 Å². The standard InChI is InChI=1S/C14H18ClN3O3S/c1-8(19)12-14(21)18-5-4-17(7-10(18)13(20)16-12)6-9-2-3-11(15)22-9/h2-3,8,10,12,19H,4-7H2,1H3,(H,16,20)/t8-,10-,12+/m1/s1. The van der Waals surface area contributed by atoms with E-state index in [1.807, 2.05) is 12.1 Å². The lowest BCUT2D eigenvalue weighted by Gasteiger charge is -2.45. The Morgan fingerprint density at radius 2 is 2.23 bits per heavy atom. The molecule has 0 aliphatic carbocycles. The van der Waals surface area contributed by atoms with Crippen LogP contribution in [0.5, 0.6) is 0 Å². The Morgan fingerprint density at radius 1 is 1.45 bits per heavy atom. The van der Waals surface area contributed by atoms with Crippen LogP contribution >= 0.6 is 22.9 Å². The molecule has 120 valence electrons. The number of carbonyl (C=O) groups excluding carboxylic acids is 2. The van der Waals surface area contributed by atoms with Gasteiger partial charge < -0.3 is 15.3 Å². The lowest BCUT2D eigenvalue weighted by molar-refractivity contribution is -0.156. The summed E-state index contributed by atoms with van der Waals surface area (Å²) in [5.74, 6) is -0.391. The van der Waals surface area contributed by atoms with Crippen LogP contribution in [0, 0.1) is 0 Å². The quantitative estimate of drug-likeness (QED) is 0.827. The van der Waals surface area contributed by atoms with Crippen LogP contribution in [-0.2, 0) is 16.1 Å². The molecule has 0 radical (unpaired) electrons. The highest BCUT2D eigenvalue weighted by molar-refractivity contribution is 7.16. The summed E-state index contributed by atoms with van der Waals surface area (Å²) < 4.78 is 0.749. The molecule has 2 aliphatic rings. The van der Waals surface area contributed by atoms with Crippen molar-refractivity contribution in [2.24, 2.45) is 0 Å². The Bertz CT molecular complexity index is 592. The Balaban J connectivity index is 1.68. The van der Waals surface area contributed by atoms with Crippen molar-refractivity contribution < 1.29 is 14.7 Å². The van der Waals surface area contributed by atoms with Gasteiger partial charge in [0.1, 0.15) is 12.1 Å². The van der Waals surface area contributed by atoms with Crippen LogP contribution in [-0.4, -0.2) is 64.5 Å². The van der Waals surface area contributed by atoms with Gasteiger partial charge in [0.05, 0.1) is 10.4 Å². The maximum absolute atomic E-state index is 12.3. The van der Waals surface area contributed by atoms with Crippen LogP contribution in [0.15, 0.2) is 12.1 Å². The lowest BCUT2D eigenvalue weighted by Crippen LogP contribution is -2.70. The molecule has 8 heteroatoms. The van der Waals surface area contributed by atoms with Crippen molar-refractivity contribution in [3.63, 3.8) is 0 Å². The zero-order valence-electron chi connectivity index (χ0n) is 12.2. The molecule has 0 unspecified atom stereocenters. The van der Waals surface area contributed by atoms with E-state index < -0.39 is 18.2 Å². The minimum Gasteiger partial charge on any atom is -0.391 e. The zero-order valence-corrected chi connectivity index (χ0v) is 13.7. The number of halogens is 1. The Kier molecular flexibility index (Phi) is 4.40. The first-order valence-corrected chi connectivity index (χ1v) is 8.40. The average molecular weight is 344 g/mol. The molecule has 0 saturated carbocycles. The van der Waals surface area contributed by atoms with Gasteiger partial charge in [-0.15, -0.1) is 11.3 Å². The normalized spacial score (nSPS) is 27.5. The second-order valence-corrected chi connectivity index (χ2v) is 7.51. The molecule has 1 aromatic heterocycles. The lowest BCUT2D eigenvalue weighted by atomic mass is 10.0. The molecule has 2 N–H and O–H groups in total. The molecule has 3 rings (SSSR count). The summed E-state index contributed by atoms with van der Waals surface area (Å²) in [6, 6.07) is 2.54. The molecular formula is C14H18ClN3O3S. The number of piperazine rings is 2. The average Bonchev–Trinajstić information content (AvgIpc) is 2.87. The Labute approximate surface area is 137 Å². The summed E-state index contributed by atoms with van der Waals surface area (Å²) >= 11 is 7.46. The number of aliphatic hydroxyl groups excluding tert-OH is 1. The fourth-order valence-electron chi connectivity index (χ4n) is 2.95. The minimum atomic E-state index is -0.885. The van der Waals surface area contributed by atoms with E-state index in [1.165, 1.54) is 18.3 Å². The van der Waals surface area contributed by atoms with Crippen LogP contribution < -0.4 is 5.32 Å². The largest absolute Gasteiger partial charge is 0.391 e. The number of amides is 2. The topological polar surface area (TPSA) is 72.9 Å². The molecule has 0 spiro atoms. The van der Waals surface area contributed by atoms with Gasteiger partial charge in [-0.25, -0.2) is 0 Å². The second-order valence-electron chi connectivity index (χ2n) is 5.72. The number of carbonyl (C=O) groups is 2. The SMILES string of the molecule is C[C@@H](O)[C@@H]1NC(=O)[C@H]2CN(Cc3ccc(Cl)s3)CCN2C1=O. The number of fused-ring (bicyclic) bond motifs is 1. The van der Waals surface area contributed by atoms with Gasteiger partial charge in [0.25, 0.3) is 0 Å². The van der Waals surface area contributed by atoms with E-state index in [0.29, 0.717) is 19.6 Å². The van der Waals surface area contributed by atoms with Crippen molar-refractivity contribution in [3.8, 4) is 0 Å². The molecule has 22 heavy (non-hydrogen) atoms. The third-order valence-electron chi connectivity index (χ3n) is 4.10. The monoisotopic (exact) mass is 343 g/mol. The fraction of sp³-hybridized carbons (Fsp3) is 0.571. The number of aliphatic hydroxyl groups is 1. The third-order valence-corrected chi connectivity index (χ3v) is 5.32. The zero-order chi connectivity index (χ0) is 15.9. The molecule has 3 atom stereocenters. The van der Waals surface area contributed by atoms with Crippen molar-refractivity contribution in [3.05, 3.63) is 21.3 Å². The van der Waals surface area contributed by atoms with E-state index >= 15 is 0 Å². The van der Waals surface area contributed by atoms with Gasteiger partial charge in [0, 0.05) is 31.1 Å². The van der Waals surface area contributed by atoms with Gasteiger partial charge in [0.15, 0.2) is 0 Å². The second kappa shape index (κ2) is 6.16. The summed E-state index contributed by atoms with van der Waals surface area (Å²) in [7, 11) is 0. The van der Waals surface area contributed by atoms with Crippen molar-refractivity contribution >= 4 is 34.8 Å². The molecule has 0 aromatic carbocycles. The van der Waals surface area contributed by atoms with E-state index in [-0.39, 0.29) is 11.8 Å². The first-order valence-electron chi connectivity index (χ1n) is 7.21. The molecule has 0 bridgehead atoms. The highest BCUT2D eigenvalue weighted by atomic mass is 35.5. The Morgan fingerprint density at radius 3 is 2.86 bits per heavy atom. The molecule has 2 amide bonds. The number of hydrogen-bond donors (Lipinski definition) is 2.